The van der Waals surface area contributed by atoms with Crippen molar-refractivity contribution < 1.29 is 18.3 Å². The highest BCUT2D eigenvalue weighted by molar-refractivity contribution is 5.71. The van der Waals surface area contributed by atoms with Crippen LogP contribution >= 0.6 is 0 Å². The molecule has 0 radical (unpaired) electrons. The Bertz CT molecular complexity index is 1100. The minimum atomic E-state index is -0.938. The van der Waals surface area contributed by atoms with Gasteiger partial charge >= 0.3 is 0 Å². The van der Waals surface area contributed by atoms with Gasteiger partial charge in [0, 0.05) is 5.56 Å². The maximum absolute atomic E-state index is 14.7. The Kier molecular flexibility index (Phi) is 8.57. The molecule has 1 aliphatic carbocycles. The summed E-state index contributed by atoms with van der Waals surface area (Å²) in [6.07, 6.45) is 8.62. The summed E-state index contributed by atoms with van der Waals surface area (Å²) in [5.74, 6) is 0.285. The Hall–Kier alpha value is -3.14. The minimum Gasteiger partial charge on any atom is -0.493 e. The van der Waals surface area contributed by atoms with Gasteiger partial charge in [-0.3, -0.25) is 0 Å². The number of unbranched alkanes of at least 4 members (excludes halogenated alkanes) is 1. The molecule has 0 aromatic heterocycles. The first kappa shape index (κ1) is 25.0. The molecule has 4 heteroatoms. The number of hydrogen-bond acceptors (Lipinski definition) is 2. The van der Waals surface area contributed by atoms with E-state index in [0.29, 0.717) is 24.0 Å². The van der Waals surface area contributed by atoms with Crippen molar-refractivity contribution in [2.75, 3.05) is 13.2 Å². The molecule has 3 aromatic rings. The summed E-state index contributed by atoms with van der Waals surface area (Å²) >= 11 is 0. The standard InChI is InChI=1S/C31H34F2O2/c1-3-5-20-34-29-19-18-28(30(32)31(29)33)26-12-10-24(11-13-26)25-14-16-27(17-15-25)35-21-23-8-6-22(4-2)7-9-23/h4,10-19,22-23H,2-3,5-9,20-21H2,1H3. The lowest BCUT2D eigenvalue weighted by Crippen LogP contribution is -2.19. The number of ether oxygens (including phenoxy) is 2. The zero-order chi connectivity index (χ0) is 24.6. The number of halogens is 2. The van der Waals surface area contributed by atoms with Crippen molar-refractivity contribution in [3.8, 4) is 33.8 Å². The third-order valence-corrected chi connectivity index (χ3v) is 6.90. The molecule has 0 saturated heterocycles. The van der Waals surface area contributed by atoms with Gasteiger partial charge in [0.25, 0.3) is 0 Å². The van der Waals surface area contributed by atoms with Gasteiger partial charge in [-0.2, -0.15) is 4.39 Å². The molecule has 0 bridgehead atoms. The van der Waals surface area contributed by atoms with E-state index in [1.54, 1.807) is 6.07 Å². The molecule has 1 aliphatic rings. The van der Waals surface area contributed by atoms with Crippen LogP contribution in [0.3, 0.4) is 0 Å². The van der Waals surface area contributed by atoms with Crippen molar-refractivity contribution in [3.63, 3.8) is 0 Å². The summed E-state index contributed by atoms with van der Waals surface area (Å²) in [6, 6.07) is 18.6. The zero-order valence-electron chi connectivity index (χ0n) is 20.4. The van der Waals surface area contributed by atoms with Gasteiger partial charge in [0.15, 0.2) is 11.6 Å². The Labute approximate surface area is 207 Å². The van der Waals surface area contributed by atoms with Gasteiger partial charge in [0.2, 0.25) is 5.82 Å². The number of hydrogen-bond donors (Lipinski definition) is 0. The average molecular weight is 477 g/mol. The van der Waals surface area contributed by atoms with Crippen LogP contribution in [-0.4, -0.2) is 13.2 Å². The molecule has 0 atom stereocenters. The molecule has 0 heterocycles. The Balaban J connectivity index is 1.37. The maximum Gasteiger partial charge on any atom is 0.201 e. The summed E-state index contributed by atoms with van der Waals surface area (Å²) in [6.45, 7) is 7.06. The van der Waals surface area contributed by atoms with Gasteiger partial charge in [-0.05, 0) is 84.9 Å². The van der Waals surface area contributed by atoms with Crippen LogP contribution in [0.4, 0.5) is 8.78 Å². The second-order valence-corrected chi connectivity index (χ2v) is 9.37. The molecule has 4 rings (SSSR count). The smallest absolute Gasteiger partial charge is 0.201 e. The second kappa shape index (κ2) is 12.0. The van der Waals surface area contributed by atoms with Crippen molar-refractivity contribution >= 4 is 0 Å². The lowest BCUT2D eigenvalue weighted by molar-refractivity contribution is 0.195. The van der Waals surface area contributed by atoms with Gasteiger partial charge in [-0.1, -0.05) is 55.8 Å². The van der Waals surface area contributed by atoms with E-state index in [2.05, 4.69) is 12.7 Å². The predicted octanol–water partition coefficient (Wildman–Crippen LogP) is 8.85. The van der Waals surface area contributed by atoms with Crippen LogP contribution in [0, 0.1) is 23.5 Å². The van der Waals surface area contributed by atoms with Crippen LogP contribution in [0.2, 0.25) is 0 Å². The molecule has 0 aliphatic heterocycles. The Morgan fingerprint density at radius 1 is 0.800 bits per heavy atom. The molecule has 0 unspecified atom stereocenters. The van der Waals surface area contributed by atoms with Crippen LogP contribution in [0.5, 0.6) is 11.5 Å². The second-order valence-electron chi connectivity index (χ2n) is 9.37. The van der Waals surface area contributed by atoms with Crippen molar-refractivity contribution in [1.82, 2.24) is 0 Å². The van der Waals surface area contributed by atoms with Gasteiger partial charge in [0.05, 0.1) is 13.2 Å². The van der Waals surface area contributed by atoms with Crippen LogP contribution in [0.25, 0.3) is 22.3 Å². The van der Waals surface area contributed by atoms with Crippen LogP contribution in [-0.2, 0) is 0 Å². The third kappa shape index (κ3) is 6.30. The van der Waals surface area contributed by atoms with Crippen molar-refractivity contribution in [2.45, 2.75) is 45.4 Å². The number of rotatable bonds is 10. The van der Waals surface area contributed by atoms with Crippen LogP contribution in [0.15, 0.2) is 73.3 Å². The fraction of sp³-hybridized carbons (Fsp3) is 0.355. The highest BCUT2D eigenvalue weighted by atomic mass is 19.2. The van der Waals surface area contributed by atoms with Crippen molar-refractivity contribution in [2.24, 2.45) is 11.8 Å². The Morgan fingerprint density at radius 3 is 2.06 bits per heavy atom. The van der Waals surface area contributed by atoms with Crippen LogP contribution in [0.1, 0.15) is 45.4 Å². The lowest BCUT2D eigenvalue weighted by atomic mass is 9.82. The van der Waals surface area contributed by atoms with Gasteiger partial charge in [0.1, 0.15) is 5.75 Å². The van der Waals surface area contributed by atoms with E-state index in [9.17, 15) is 8.78 Å². The third-order valence-electron chi connectivity index (χ3n) is 6.90. The largest absolute Gasteiger partial charge is 0.493 e. The Morgan fingerprint density at radius 2 is 1.43 bits per heavy atom. The highest BCUT2D eigenvalue weighted by Crippen LogP contribution is 2.33. The van der Waals surface area contributed by atoms with E-state index in [4.69, 9.17) is 9.47 Å². The monoisotopic (exact) mass is 476 g/mol. The first-order chi connectivity index (χ1) is 17.1. The van der Waals surface area contributed by atoms with E-state index >= 15 is 0 Å². The summed E-state index contributed by atoms with van der Waals surface area (Å²) in [4.78, 5) is 0. The summed E-state index contributed by atoms with van der Waals surface area (Å²) in [5.41, 5.74) is 2.89. The SMILES string of the molecule is C=CC1CCC(COc2ccc(-c3ccc(-c4ccc(OCCCC)c(F)c4F)cc3)cc2)CC1. The first-order valence-corrected chi connectivity index (χ1v) is 12.7. The molecule has 1 saturated carbocycles. The average Bonchev–Trinajstić information content (AvgIpc) is 2.91. The molecule has 0 amide bonds. The highest BCUT2D eigenvalue weighted by Gasteiger charge is 2.20. The quantitative estimate of drug-likeness (QED) is 0.215. The fourth-order valence-corrected chi connectivity index (χ4v) is 4.58. The summed E-state index contributed by atoms with van der Waals surface area (Å²) < 4.78 is 40.6. The number of benzene rings is 3. The van der Waals surface area contributed by atoms with E-state index in [0.717, 1.165) is 36.3 Å². The first-order valence-electron chi connectivity index (χ1n) is 12.7. The minimum absolute atomic E-state index is 0.0388. The predicted molar refractivity (Wildman–Crippen MR) is 139 cm³/mol. The lowest BCUT2D eigenvalue weighted by Gasteiger charge is -2.26. The normalized spacial score (nSPS) is 17.7. The molecule has 2 nitrogen and oxygen atoms in total. The molecule has 0 spiro atoms. The van der Waals surface area contributed by atoms with Crippen molar-refractivity contribution in [3.05, 3.63) is 85.0 Å². The van der Waals surface area contributed by atoms with Gasteiger partial charge < -0.3 is 9.47 Å². The fourth-order valence-electron chi connectivity index (χ4n) is 4.58. The van der Waals surface area contributed by atoms with E-state index in [1.807, 2.05) is 55.5 Å². The van der Waals surface area contributed by atoms with Crippen LogP contribution < -0.4 is 9.47 Å². The molecule has 35 heavy (non-hydrogen) atoms. The van der Waals surface area contributed by atoms with E-state index < -0.39 is 11.6 Å². The summed E-state index contributed by atoms with van der Waals surface area (Å²) in [5, 5.41) is 0. The van der Waals surface area contributed by atoms with Gasteiger partial charge in [-0.25, -0.2) is 4.39 Å². The topological polar surface area (TPSA) is 18.5 Å². The van der Waals surface area contributed by atoms with E-state index in [-0.39, 0.29) is 11.3 Å². The molecular formula is C31H34F2O2. The molecular weight excluding hydrogens is 442 g/mol. The number of allylic oxidation sites excluding steroid dienone is 1. The zero-order valence-corrected chi connectivity index (χ0v) is 20.4. The van der Waals surface area contributed by atoms with Gasteiger partial charge in [-0.15, -0.1) is 6.58 Å². The van der Waals surface area contributed by atoms with Crippen molar-refractivity contribution in [1.29, 1.82) is 0 Å². The maximum atomic E-state index is 14.7. The van der Waals surface area contributed by atoms with E-state index in [1.165, 1.54) is 31.7 Å². The molecule has 184 valence electrons. The summed E-state index contributed by atoms with van der Waals surface area (Å²) in [7, 11) is 0. The molecule has 3 aromatic carbocycles. The molecule has 1 fully saturated rings. The molecule has 0 N–H and O–H groups in total.